The number of carbonyl (C=O) groups is 1. The summed E-state index contributed by atoms with van der Waals surface area (Å²) in [5.41, 5.74) is 2.97. The number of nitrogens with zero attached hydrogens (tertiary/aromatic N) is 1. The van der Waals surface area contributed by atoms with Gasteiger partial charge < -0.3 is 10.2 Å². The fraction of sp³-hybridized carbons (Fsp3) is 0.211. The minimum atomic E-state index is -0.114. The second-order valence-electron chi connectivity index (χ2n) is 5.59. The van der Waals surface area contributed by atoms with Gasteiger partial charge in [-0.1, -0.05) is 40.2 Å². The molecule has 0 aromatic heterocycles. The number of para-hydroxylation sites is 2. The van der Waals surface area contributed by atoms with Crippen LogP contribution < -0.4 is 10.2 Å². The van der Waals surface area contributed by atoms with Crippen molar-refractivity contribution >= 4 is 39.3 Å². The molecule has 1 saturated heterocycles. The molecule has 0 spiro atoms. The van der Waals surface area contributed by atoms with Crippen LogP contribution >= 0.6 is 15.9 Å². The summed E-state index contributed by atoms with van der Waals surface area (Å²) >= 11 is 3.43. The third-order valence-corrected chi connectivity index (χ3v) is 4.38. The van der Waals surface area contributed by atoms with Gasteiger partial charge in [-0.2, -0.15) is 0 Å². The molecule has 3 rings (SSSR count). The van der Waals surface area contributed by atoms with Crippen molar-refractivity contribution in [3.05, 3.63) is 64.6 Å². The Morgan fingerprint density at radius 1 is 1.09 bits per heavy atom. The maximum atomic E-state index is 12.2. The molecule has 0 aliphatic carbocycles. The Kier molecular flexibility index (Phi) is 5.13. The fourth-order valence-corrected chi connectivity index (χ4v) is 3.19. The Morgan fingerprint density at radius 2 is 1.87 bits per heavy atom. The van der Waals surface area contributed by atoms with Gasteiger partial charge in [0.15, 0.2) is 0 Å². The quantitative estimate of drug-likeness (QED) is 0.790. The second-order valence-corrected chi connectivity index (χ2v) is 6.50. The van der Waals surface area contributed by atoms with E-state index in [1.165, 1.54) is 12.8 Å². The van der Waals surface area contributed by atoms with Crippen LogP contribution in [0.5, 0.6) is 0 Å². The van der Waals surface area contributed by atoms with Crippen molar-refractivity contribution in [2.24, 2.45) is 0 Å². The molecule has 1 aliphatic heterocycles. The maximum absolute atomic E-state index is 12.2. The van der Waals surface area contributed by atoms with Gasteiger partial charge in [0.25, 0.3) is 0 Å². The van der Waals surface area contributed by atoms with Gasteiger partial charge in [0.1, 0.15) is 0 Å². The highest BCUT2D eigenvalue weighted by atomic mass is 79.9. The third-order valence-electron chi connectivity index (χ3n) is 3.88. The molecule has 1 heterocycles. The summed E-state index contributed by atoms with van der Waals surface area (Å²) in [5.74, 6) is -0.114. The SMILES string of the molecule is O=C(/C=C/c1cccc(Br)c1)Nc1ccccc1N1CCCC1. The first kappa shape index (κ1) is 15.8. The third kappa shape index (κ3) is 4.23. The number of benzene rings is 2. The van der Waals surface area contributed by atoms with Crippen molar-refractivity contribution in [3.63, 3.8) is 0 Å². The zero-order chi connectivity index (χ0) is 16.1. The summed E-state index contributed by atoms with van der Waals surface area (Å²) in [7, 11) is 0. The van der Waals surface area contributed by atoms with Crippen molar-refractivity contribution in [2.45, 2.75) is 12.8 Å². The molecule has 2 aromatic rings. The van der Waals surface area contributed by atoms with E-state index in [-0.39, 0.29) is 5.91 Å². The van der Waals surface area contributed by atoms with Gasteiger partial charge in [-0.15, -0.1) is 0 Å². The molecule has 118 valence electrons. The van der Waals surface area contributed by atoms with E-state index in [0.717, 1.165) is 34.5 Å². The maximum Gasteiger partial charge on any atom is 0.248 e. The van der Waals surface area contributed by atoms with Crippen LogP contribution in [-0.2, 0) is 4.79 Å². The van der Waals surface area contributed by atoms with Crippen LogP contribution in [0.25, 0.3) is 6.08 Å². The van der Waals surface area contributed by atoms with Crippen molar-refractivity contribution < 1.29 is 4.79 Å². The zero-order valence-corrected chi connectivity index (χ0v) is 14.4. The lowest BCUT2D eigenvalue weighted by molar-refractivity contribution is -0.111. The molecule has 0 atom stereocenters. The van der Waals surface area contributed by atoms with Crippen LogP contribution in [0.1, 0.15) is 18.4 Å². The molecule has 2 aromatic carbocycles. The van der Waals surface area contributed by atoms with E-state index in [4.69, 9.17) is 0 Å². The van der Waals surface area contributed by atoms with E-state index < -0.39 is 0 Å². The monoisotopic (exact) mass is 370 g/mol. The summed E-state index contributed by atoms with van der Waals surface area (Å²) in [6.45, 7) is 2.11. The van der Waals surface area contributed by atoms with E-state index in [1.54, 1.807) is 6.08 Å². The predicted octanol–water partition coefficient (Wildman–Crippen LogP) is 4.70. The van der Waals surface area contributed by atoms with Crippen molar-refractivity contribution in [3.8, 4) is 0 Å². The number of amides is 1. The fourth-order valence-electron chi connectivity index (χ4n) is 2.77. The number of rotatable bonds is 4. The number of nitrogens with one attached hydrogen (secondary N) is 1. The number of carbonyl (C=O) groups excluding carboxylic acids is 1. The Balaban J connectivity index is 1.70. The Morgan fingerprint density at radius 3 is 2.65 bits per heavy atom. The second kappa shape index (κ2) is 7.47. The average Bonchev–Trinajstić information content (AvgIpc) is 3.08. The Bertz CT molecular complexity index is 721. The van der Waals surface area contributed by atoms with Gasteiger partial charge in [0.05, 0.1) is 11.4 Å². The van der Waals surface area contributed by atoms with E-state index in [1.807, 2.05) is 48.5 Å². The van der Waals surface area contributed by atoms with E-state index in [9.17, 15) is 4.79 Å². The van der Waals surface area contributed by atoms with Crippen LogP contribution in [0.2, 0.25) is 0 Å². The number of hydrogen-bond acceptors (Lipinski definition) is 2. The first-order chi connectivity index (χ1) is 11.2. The van der Waals surface area contributed by atoms with Gasteiger partial charge in [-0.25, -0.2) is 0 Å². The molecule has 1 aliphatic rings. The highest BCUT2D eigenvalue weighted by Gasteiger charge is 2.15. The van der Waals surface area contributed by atoms with Gasteiger partial charge in [0, 0.05) is 23.6 Å². The minimum Gasteiger partial charge on any atom is -0.370 e. The number of anilines is 2. The molecular weight excluding hydrogens is 352 g/mol. The lowest BCUT2D eigenvalue weighted by Crippen LogP contribution is -2.20. The molecule has 1 fully saturated rings. The summed E-state index contributed by atoms with van der Waals surface area (Å²) in [6, 6.07) is 15.8. The molecule has 4 heteroatoms. The Hall–Kier alpha value is -2.07. The molecule has 1 amide bonds. The summed E-state index contributed by atoms with van der Waals surface area (Å²) in [6.07, 6.45) is 5.82. The lowest BCUT2D eigenvalue weighted by Gasteiger charge is -2.21. The zero-order valence-electron chi connectivity index (χ0n) is 12.8. The van der Waals surface area contributed by atoms with Crippen LogP contribution in [0.4, 0.5) is 11.4 Å². The predicted molar refractivity (Wildman–Crippen MR) is 99.7 cm³/mol. The van der Waals surface area contributed by atoms with Crippen LogP contribution in [0.3, 0.4) is 0 Å². The topological polar surface area (TPSA) is 32.3 Å². The van der Waals surface area contributed by atoms with Crippen LogP contribution in [0, 0.1) is 0 Å². The molecule has 3 nitrogen and oxygen atoms in total. The molecule has 0 bridgehead atoms. The van der Waals surface area contributed by atoms with Gasteiger partial charge in [-0.05, 0) is 48.7 Å². The molecule has 0 radical (unpaired) electrons. The van der Waals surface area contributed by atoms with Crippen molar-refractivity contribution in [2.75, 3.05) is 23.3 Å². The summed E-state index contributed by atoms with van der Waals surface area (Å²) in [4.78, 5) is 14.5. The largest absolute Gasteiger partial charge is 0.370 e. The lowest BCUT2D eigenvalue weighted by atomic mass is 10.2. The first-order valence-electron chi connectivity index (χ1n) is 7.81. The highest BCUT2D eigenvalue weighted by Crippen LogP contribution is 2.28. The van der Waals surface area contributed by atoms with E-state index >= 15 is 0 Å². The van der Waals surface area contributed by atoms with Gasteiger partial charge in [-0.3, -0.25) is 4.79 Å². The normalized spacial score (nSPS) is 14.4. The minimum absolute atomic E-state index is 0.114. The van der Waals surface area contributed by atoms with E-state index in [2.05, 4.69) is 32.2 Å². The number of halogens is 1. The van der Waals surface area contributed by atoms with Gasteiger partial charge >= 0.3 is 0 Å². The molecule has 0 saturated carbocycles. The van der Waals surface area contributed by atoms with Crippen molar-refractivity contribution in [1.29, 1.82) is 0 Å². The first-order valence-corrected chi connectivity index (χ1v) is 8.60. The van der Waals surface area contributed by atoms with Crippen molar-refractivity contribution in [1.82, 2.24) is 0 Å². The Labute approximate surface area is 145 Å². The highest BCUT2D eigenvalue weighted by molar-refractivity contribution is 9.10. The summed E-state index contributed by atoms with van der Waals surface area (Å²) in [5, 5.41) is 2.99. The number of hydrogen-bond donors (Lipinski definition) is 1. The van der Waals surface area contributed by atoms with E-state index in [0.29, 0.717) is 0 Å². The molecule has 1 N–H and O–H groups in total. The summed E-state index contributed by atoms with van der Waals surface area (Å²) < 4.78 is 0.999. The molecule has 23 heavy (non-hydrogen) atoms. The molecular formula is C19H19BrN2O. The van der Waals surface area contributed by atoms with Gasteiger partial charge in [0.2, 0.25) is 5.91 Å². The molecule has 0 unspecified atom stereocenters. The van der Waals surface area contributed by atoms with Crippen LogP contribution in [0.15, 0.2) is 59.1 Å². The van der Waals surface area contributed by atoms with Crippen LogP contribution in [-0.4, -0.2) is 19.0 Å². The smallest absolute Gasteiger partial charge is 0.248 e. The average molecular weight is 371 g/mol. The standard InChI is InChI=1S/C19H19BrN2O/c20-16-7-5-6-15(14-16)10-11-19(23)21-17-8-1-2-9-18(17)22-12-3-4-13-22/h1-2,5-11,14H,3-4,12-13H2,(H,21,23)/b11-10+.